The van der Waals surface area contributed by atoms with Crippen molar-refractivity contribution in [3.05, 3.63) is 22.7 Å². The Labute approximate surface area is 134 Å². The first-order valence-corrected chi connectivity index (χ1v) is 6.97. The third-order valence-electron chi connectivity index (χ3n) is 2.88. The van der Waals surface area contributed by atoms with Gasteiger partial charge in [0.25, 0.3) is 11.8 Å². The number of nitrogens with two attached hydrogens (primary N) is 1. The number of ether oxygens (including phenoxy) is 2. The lowest BCUT2D eigenvalue weighted by Gasteiger charge is -2.18. The third kappa shape index (κ3) is 4.78. The highest BCUT2D eigenvalue weighted by Gasteiger charge is 2.18. The van der Waals surface area contributed by atoms with Gasteiger partial charge in [-0.05, 0) is 19.2 Å². The molecule has 0 bridgehead atoms. The Hall–Kier alpha value is -1.99. The fraction of sp³-hybridized carbons (Fsp3) is 0.429. The summed E-state index contributed by atoms with van der Waals surface area (Å²) in [5.41, 5.74) is 5.40. The van der Waals surface area contributed by atoms with E-state index in [2.05, 4.69) is 5.32 Å². The normalized spacial score (nSPS) is 10.2. The standard InChI is InChI=1S/C14H20ClN3O4/c1-17-4-5-18(2)14(20)9-6-10(15)13(11(7-9)21-3)22-8-12(16)19/h6-7,17H,4-5,8H2,1-3H3,(H2,16,19). The minimum Gasteiger partial charge on any atom is -0.493 e. The van der Waals surface area contributed by atoms with E-state index in [-0.39, 0.29) is 29.0 Å². The van der Waals surface area contributed by atoms with Crippen molar-refractivity contribution >= 4 is 23.4 Å². The van der Waals surface area contributed by atoms with Crippen molar-refractivity contribution < 1.29 is 19.1 Å². The summed E-state index contributed by atoms with van der Waals surface area (Å²) in [6, 6.07) is 2.99. The van der Waals surface area contributed by atoms with Crippen LogP contribution in [0.5, 0.6) is 11.5 Å². The monoisotopic (exact) mass is 329 g/mol. The average molecular weight is 330 g/mol. The number of nitrogens with zero attached hydrogens (tertiary/aromatic N) is 1. The summed E-state index contributed by atoms with van der Waals surface area (Å²) in [5, 5.41) is 3.14. The second-order valence-corrected chi connectivity index (χ2v) is 4.98. The van der Waals surface area contributed by atoms with E-state index in [4.69, 9.17) is 26.8 Å². The number of primary amides is 1. The lowest BCUT2D eigenvalue weighted by Crippen LogP contribution is -2.32. The van der Waals surface area contributed by atoms with Crippen LogP contribution < -0.4 is 20.5 Å². The van der Waals surface area contributed by atoms with E-state index in [0.29, 0.717) is 18.7 Å². The number of rotatable bonds is 8. The van der Waals surface area contributed by atoms with Crippen LogP contribution in [0.1, 0.15) is 10.4 Å². The predicted molar refractivity (Wildman–Crippen MR) is 83.6 cm³/mol. The number of nitrogens with one attached hydrogen (secondary N) is 1. The van der Waals surface area contributed by atoms with E-state index in [1.165, 1.54) is 19.2 Å². The number of hydrogen-bond acceptors (Lipinski definition) is 5. The number of methoxy groups -OCH3 is 1. The van der Waals surface area contributed by atoms with Gasteiger partial charge in [-0.2, -0.15) is 0 Å². The average Bonchev–Trinajstić information content (AvgIpc) is 2.49. The quantitative estimate of drug-likeness (QED) is 0.724. The molecule has 0 spiro atoms. The first-order chi connectivity index (χ1) is 10.4. The maximum atomic E-state index is 12.3. The number of carbonyl (C=O) groups is 2. The van der Waals surface area contributed by atoms with Crippen molar-refractivity contribution in [1.29, 1.82) is 0 Å². The van der Waals surface area contributed by atoms with E-state index in [1.807, 2.05) is 7.05 Å². The minimum absolute atomic E-state index is 0.172. The Morgan fingerprint density at radius 1 is 1.41 bits per heavy atom. The van der Waals surface area contributed by atoms with E-state index < -0.39 is 5.91 Å². The Morgan fingerprint density at radius 2 is 2.09 bits per heavy atom. The molecule has 0 heterocycles. The maximum absolute atomic E-state index is 12.3. The first kappa shape index (κ1) is 18.1. The van der Waals surface area contributed by atoms with Crippen LogP contribution in [0.2, 0.25) is 5.02 Å². The van der Waals surface area contributed by atoms with Crippen LogP contribution in [0.4, 0.5) is 0 Å². The third-order valence-corrected chi connectivity index (χ3v) is 3.16. The number of halogens is 1. The molecule has 0 fully saturated rings. The summed E-state index contributed by atoms with van der Waals surface area (Å²) in [5.74, 6) is -0.390. The summed E-state index contributed by atoms with van der Waals surface area (Å²) < 4.78 is 10.4. The van der Waals surface area contributed by atoms with Crippen LogP contribution in [0.3, 0.4) is 0 Å². The summed E-state index contributed by atoms with van der Waals surface area (Å²) in [7, 11) is 4.92. The topological polar surface area (TPSA) is 93.9 Å². The molecular formula is C14H20ClN3O4. The smallest absolute Gasteiger partial charge is 0.255 e. The molecule has 0 unspecified atom stereocenters. The molecule has 0 radical (unpaired) electrons. The zero-order chi connectivity index (χ0) is 16.7. The van der Waals surface area contributed by atoms with E-state index >= 15 is 0 Å². The van der Waals surface area contributed by atoms with Gasteiger partial charge in [-0.1, -0.05) is 11.6 Å². The molecule has 0 aromatic heterocycles. The lowest BCUT2D eigenvalue weighted by atomic mass is 10.1. The largest absolute Gasteiger partial charge is 0.493 e. The van der Waals surface area contributed by atoms with Gasteiger partial charge in [0.05, 0.1) is 12.1 Å². The summed E-state index contributed by atoms with van der Waals surface area (Å²) in [4.78, 5) is 24.7. The molecule has 0 aliphatic heterocycles. The van der Waals surface area contributed by atoms with Gasteiger partial charge >= 0.3 is 0 Å². The van der Waals surface area contributed by atoms with Crippen molar-refractivity contribution in [3.8, 4) is 11.5 Å². The van der Waals surface area contributed by atoms with Gasteiger partial charge in [0.2, 0.25) is 0 Å². The molecule has 1 aromatic carbocycles. The van der Waals surface area contributed by atoms with Crippen LogP contribution in [0.25, 0.3) is 0 Å². The Morgan fingerprint density at radius 3 is 2.64 bits per heavy atom. The van der Waals surface area contributed by atoms with E-state index in [1.54, 1.807) is 11.9 Å². The first-order valence-electron chi connectivity index (χ1n) is 6.59. The molecular weight excluding hydrogens is 310 g/mol. The Bertz CT molecular complexity index is 551. The molecule has 0 atom stereocenters. The van der Waals surface area contributed by atoms with E-state index in [9.17, 15) is 9.59 Å². The summed E-state index contributed by atoms with van der Waals surface area (Å²) in [6.07, 6.45) is 0. The van der Waals surface area contributed by atoms with Gasteiger partial charge in [0.15, 0.2) is 18.1 Å². The zero-order valence-electron chi connectivity index (χ0n) is 12.8. The van der Waals surface area contributed by atoms with Gasteiger partial charge in [0, 0.05) is 25.7 Å². The van der Waals surface area contributed by atoms with Crippen molar-refractivity contribution in [3.63, 3.8) is 0 Å². The molecule has 0 saturated carbocycles. The van der Waals surface area contributed by atoms with Gasteiger partial charge in [-0.25, -0.2) is 0 Å². The minimum atomic E-state index is -0.634. The lowest BCUT2D eigenvalue weighted by molar-refractivity contribution is -0.119. The highest BCUT2D eigenvalue weighted by atomic mass is 35.5. The maximum Gasteiger partial charge on any atom is 0.255 e. The van der Waals surface area contributed by atoms with Gasteiger partial charge in [-0.3, -0.25) is 9.59 Å². The number of likely N-dealkylation sites (N-methyl/N-ethyl adjacent to an activating group) is 2. The van der Waals surface area contributed by atoms with Crippen LogP contribution >= 0.6 is 11.6 Å². The molecule has 0 saturated heterocycles. The Balaban J connectivity index is 3.01. The summed E-state index contributed by atoms with van der Waals surface area (Å²) >= 11 is 6.11. The van der Waals surface area contributed by atoms with Crippen molar-refractivity contribution in [2.75, 3.05) is 40.9 Å². The molecule has 2 amide bonds. The Kier molecular flexibility index (Phi) is 6.94. The number of hydrogen-bond donors (Lipinski definition) is 2. The molecule has 1 aromatic rings. The van der Waals surface area contributed by atoms with Gasteiger partial charge in [0.1, 0.15) is 0 Å². The highest BCUT2D eigenvalue weighted by molar-refractivity contribution is 6.32. The number of amides is 2. The molecule has 3 N–H and O–H groups in total. The zero-order valence-corrected chi connectivity index (χ0v) is 13.6. The highest BCUT2D eigenvalue weighted by Crippen LogP contribution is 2.36. The number of benzene rings is 1. The summed E-state index contributed by atoms with van der Waals surface area (Å²) in [6.45, 7) is 0.896. The number of carbonyl (C=O) groups excluding carboxylic acids is 2. The van der Waals surface area contributed by atoms with Crippen molar-refractivity contribution in [1.82, 2.24) is 10.2 Å². The molecule has 7 nitrogen and oxygen atoms in total. The van der Waals surface area contributed by atoms with Gasteiger partial charge in [-0.15, -0.1) is 0 Å². The van der Waals surface area contributed by atoms with Crippen molar-refractivity contribution in [2.45, 2.75) is 0 Å². The predicted octanol–water partition coefficient (Wildman–Crippen LogP) is 0.504. The fourth-order valence-electron chi connectivity index (χ4n) is 1.73. The van der Waals surface area contributed by atoms with Crippen LogP contribution in [0.15, 0.2) is 12.1 Å². The van der Waals surface area contributed by atoms with E-state index in [0.717, 1.165) is 0 Å². The molecule has 22 heavy (non-hydrogen) atoms. The van der Waals surface area contributed by atoms with Crippen LogP contribution in [-0.4, -0.2) is 57.6 Å². The SMILES string of the molecule is CNCCN(C)C(=O)c1cc(Cl)c(OCC(N)=O)c(OC)c1. The second-order valence-electron chi connectivity index (χ2n) is 4.57. The molecule has 1 rings (SSSR count). The van der Waals surface area contributed by atoms with Crippen LogP contribution in [0, 0.1) is 0 Å². The molecule has 122 valence electrons. The van der Waals surface area contributed by atoms with Gasteiger partial charge < -0.3 is 25.4 Å². The molecule has 0 aliphatic rings. The second kappa shape index (κ2) is 8.45. The molecule has 8 heteroatoms. The fourth-order valence-corrected chi connectivity index (χ4v) is 1.99. The molecule has 0 aliphatic carbocycles. The van der Waals surface area contributed by atoms with Crippen LogP contribution in [-0.2, 0) is 4.79 Å². The van der Waals surface area contributed by atoms with Crippen molar-refractivity contribution in [2.24, 2.45) is 5.73 Å².